The number of fused-ring (bicyclic) bond motifs is 6. The number of likely N-dealkylation sites (N-methyl/N-ethyl adjacent to an activating group) is 3. The summed E-state index contributed by atoms with van der Waals surface area (Å²) in [6.07, 6.45) is 0.630. The van der Waals surface area contributed by atoms with Crippen molar-refractivity contribution in [2.75, 3.05) is 52.8 Å². The molecule has 9 rings (SSSR count). The number of primary amides is 2. The average molecular weight is 1030 g/mol. The number of aliphatic hydroxyl groups excluding tert-OH is 4. The highest BCUT2D eigenvalue weighted by Gasteiger charge is 2.68. The Morgan fingerprint density at radius 1 is 0.703 bits per heavy atom. The van der Waals surface area contributed by atoms with E-state index >= 15 is 4.39 Å². The summed E-state index contributed by atoms with van der Waals surface area (Å²) in [5.41, 5.74) is 3.69. The van der Waals surface area contributed by atoms with Crippen LogP contribution < -0.4 is 22.5 Å². The zero-order valence-corrected chi connectivity index (χ0v) is 41.3. The fourth-order valence-electron chi connectivity index (χ4n) is 12.8. The number of carbonyl (C=O) groups excluding carboxylic acids is 7. The molecule has 2 aromatic rings. The Morgan fingerprint density at radius 2 is 1.11 bits per heavy atom. The molecular weight excluding hydrogens is 977 g/mol. The van der Waals surface area contributed by atoms with Gasteiger partial charge >= 0.3 is 0 Å². The molecule has 2 saturated carbocycles. The van der Waals surface area contributed by atoms with E-state index in [0.717, 1.165) is 18.6 Å². The Balaban J connectivity index is 0.000000202. The zero-order chi connectivity index (χ0) is 55.1. The lowest BCUT2D eigenvalue weighted by atomic mass is 9.52. The molecule has 74 heavy (non-hydrogen) atoms. The fraction of sp³-hybridized carbons (Fsp3) is 0.460. The molecule has 0 unspecified atom stereocenters. The number of nitrogens with two attached hydrogens (primary N) is 3. The van der Waals surface area contributed by atoms with Gasteiger partial charge in [0.1, 0.15) is 51.6 Å². The van der Waals surface area contributed by atoms with Crippen LogP contribution >= 0.6 is 0 Å². The number of rotatable bonds is 6. The average Bonchev–Trinajstić information content (AvgIpc) is 3.72. The van der Waals surface area contributed by atoms with Gasteiger partial charge in [0.05, 0.1) is 40.6 Å². The number of hydrogen-bond donors (Lipinski definition) is 12. The summed E-state index contributed by atoms with van der Waals surface area (Å²) in [5.74, 6) is -16.8. The van der Waals surface area contributed by atoms with Crippen molar-refractivity contribution in [2.24, 2.45) is 34.1 Å². The van der Waals surface area contributed by atoms with Gasteiger partial charge < -0.3 is 63.4 Å². The molecule has 22 nitrogen and oxygen atoms in total. The highest BCUT2D eigenvalue weighted by molar-refractivity contribution is 6.26. The molecule has 0 spiro atoms. The normalized spacial score (nSPS) is 31.6. The second-order valence-electron chi connectivity index (χ2n) is 21.3. The molecule has 15 N–H and O–H groups in total. The minimum Gasteiger partial charge on any atom is -0.508 e. The first-order valence-corrected chi connectivity index (χ1v) is 23.4. The van der Waals surface area contributed by atoms with Crippen LogP contribution in [0.25, 0.3) is 11.5 Å². The van der Waals surface area contributed by atoms with Crippen LogP contribution in [0, 0.1) is 34.3 Å². The molecule has 1 saturated heterocycles. The van der Waals surface area contributed by atoms with E-state index in [1.54, 1.807) is 20.9 Å². The number of nitrogens with zero attached hydrogens (tertiary/aromatic N) is 3. The lowest BCUT2D eigenvalue weighted by Gasteiger charge is -2.53. The molecule has 7 aliphatic rings. The van der Waals surface area contributed by atoms with Gasteiger partial charge in [-0.25, -0.2) is 8.78 Å². The fourth-order valence-corrected chi connectivity index (χ4v) is 12.8. The van der Waals surface area contributed by atoms with Gasteiger partial charge in [-0.2, -0.15) is 0 Å². The first kappa shape index (κ1) is 53.1. The van der Waals surface area contributed by atoms with Gasteiger partial charge in [0.15, 0.2) is 28.5 Å². The SMILES string of the molecule is CN(C)[C@@H]1C(=O)C(C(N)=O)=C(O)[C@@]2(O)C(=O)C3=C(O)c4c(O)c(N)cc(F)c4C[C@@]3(C)C[C@@H]12.CN(C)[C@@H]1C(=O)C(C(N)=O)=C(O)[C@@]2(O)C(=O)C3=C(O)c4c(O)c(NC(=O)[C@@H]5CCCN5C)cc(F)c4C[C@@]3(C)C[C@@H]12. The van der Waals surface area contributed by atoms with Crippen molar-refractivity contribution in [3.05, 3.63) is 79.8 Å². The maximum atomic E-state index is 15.6. The summed E-state index contributed by atoms with van der Waals surface area (Å²) < 4.78 is 30.4. The van der Waals surface area contributed by atoms with Gasteiger partial charge in [-0.05, 0) is 80.3 Å². The number of benzene rings is 2. The minimum absolute atomic E-state index is 0.0789. The Hall–Kier alpha value is -7.25. The predicted octanol–water partition coefficient (Wildman–Crippen LogP) is 0.601. The van der Waals surface area contributed by atoms with Crippen LogP contribution in [0.15, 0.2) is 45.9 Å². The number of nitrogen functional groups attached to an aromatic ring is 1. The number of ketones is 4. The zero-order valence-electron chi connectivity index (χ0n) is 41.3. The highest BCUT2D eigenvalue weighted by Crippen LogP contribution is 2.60. The number of amides is 3. The quantitative estimate of drug-likeness (QED) is 0.107. The third-order valence-electron chi connectivity index (χ3n) is 16.3. The molecule has 0 bridgehead atoms. The summed E-state index contributed by atoms with van der Waals surface area (Å²) in [7, 11) is 7.74. The topological polar surface area (TPSA) is 381 Å². The van der Waals surface area contributed by atoms with Crippen molar-refractivity contribution < 1.29 is 83.2 Å². The summed E-state index contributed by atoms with van der Waals surface area (Å²) in [5, 5.41) is 91.5. The lowest BCUT2D eigenvalue weighted by Crippen LogP contribution is -2.67. The monoisotopic (exact) mass is 1030 g/mol. The third kappa shape index (κ3) is 7.23. The van der Waals surface area contributed by atoms with Gasteiger partial charge in [0.2, 0.25) is 17.5 Å². The number of phenols is 2. The first-order valence-electron chi connectivity index (χ1n) is 23.4. The third-order valence-corrected chi connectivity index (χ3v) is 16.3. The maximum Gasteiger partial charge on any atom is 0.255 e. The summed E-state index contributed by atoms with van der Waals surface area (Å²) in [4.78, 5) is 95.6. The van der Waals surface area contributed by atoms with Crippen molar-refractivity contribution in [1.82, 2.24) is 14.7 Å². The second-order valence-corrected chi connectivity index (χ2v) is 21.3. The molecule has 6 aliphatic carbocycles. The Bertz CT molecular complexity index is 3110. The van der Waals surface area contributed by atoms with E-state index in [2.05, 4.69) is 5.32 Å². The van der Waals surface area contributed by atoms with Crippen LogP contribution in [0.4, 0.5) is 20.2 Å². The Labute approximate surface area is 420 Å². The van der Waals surface area contributed by atoms with Crippen LogP contribution in [0.1, 0.15) is 61.8 Å². The Morgan fingerprint density at radius 3 is 1.49 bits per heavy atom. The lowest BCUT2D eigenvalue weighted by molar-refractivity contribution is -0.157. The smallest absolute Gasteiger partial charge is 0.255 e. The molecule has 3 amide bonds. The molecule has 1 aliphatic heterocycles. The summed E-state index contributed by atoms with van der Waals surface area (Å²) in [6, 6.07) is -1.12. The van der Waals surface area contributed by atoms with E-state index in [-0.39, 0.29) is 59.3 Å². The van der Waals surface area contributed by atoms with Crippen LogP contribution in [0.5, 0.6) is 11.5 Å². The number of phenolic OH excluding ortho intramolecular Hbond substituents is 2. The predicted molar refractivity (Wildman–Crippen MR) is 256 cm³/mol. The van der Waals surface area contributed by atoms with Crippen LogP contribution in [-0.4, -0.2) is 168 Å². The van der Waals surface area contributed by atoms with Crippen LogP contribution in [-0.2, 0) is 46.4 Å². The molecule has 1 heterocycles. The van der Waals surface area contributed by atoms with Crippen LogP contribution in [0.2, 0.25) is 0 Å². The number of hydrogen-bond acceptors (Lipinski definition) is 19. The van der Waals surface area contributed by atoms with Crippen molar-refractivity contribution in [3.63, 3.8) is 0 Å². The number of aliphatic hydroxyl groups is 6. The van der Waals surface area contributed by atoms with E-state index < -0.39 is 161 Å². The molecule has 0 radical (unpaired) electrons. The summed E-state index contributed by atoms with van der Waals surface area (Å²) >= 11 is 0. The van der Waals surface area contributed by atoms with E-state index in [4.69, 9.17) is 17.2 Å². The van der Waals surface area contributed by atoms with E-state index in [0.29, 0.717) is 13.0 Å². The van der Waals surface area contributed by atoms with E-state index in [1.807, 2.05) is 4.90 Å². The molecular formula is C50H57F2N7O15. The standard InChI is InChI=1S/C28H33FN4O8.C22H24FN3O7/c1-27-9-11-13(29)8-14(31-26(40)15-6-5-7-33(15)4)20(34)16(11)21(35)18(27)24(38)28(41)12(10-27)19(32(2)3)22(36)17(23(28)37)25(30)39;1-21-5-7-9(23)4-10(24)15(27)11(7)16(28)13(21)19(31)22(33)8(6-21)14(26(2)3)17(29)12(18(22)30)20(25)32/h8,12,15,19,34-35,37,41H,5-7,9-10H2,1-4H3,(H2,30,39)(H,31,40);4,8,14,27-28,30,33H,5-6,24H2,1-3H3,(H2,25,32)/t12-,15-,19-,27-,28+;8-,14-,21-,22+/m00/s1. The maximum absolute atomic E-state index is 15.6. The molecule has 2 aromatic carbocycles. The van der Waals surface area contributed by atoms with Gasteiger partial charge in [-0.1, -0.05) is 13.8 Å². The minimum atomic E-state index is -2.82. The van der Waals surface area contributed by atoms with Gasteiger partial charge in [0.25, 0.3) is 11.8 Å². The first-order chi connectivity index (χ1) is 34.2. The molecule has 396 valence electrons. The van der Waals surface area contributed by atoms with E-state index in [1.165, 1.54) is 38.0 Å². The molecule has 9 atom stereocenters. The van der Waals surface area contributed by atoms with Crippen molar-refractivity contribution in [2.45, 2.75) is 81.7 Å². The second kappa shape index (κ2) is 17.4. The largest absolute Gasteiger partial charge is 0.508 e. The van der Waals surface area contributed by atoms with Crippen molar-refractivity contribution in [3.8, 4) is 11.5 Å². The number of nitrogens with one attached hydrogen (secondary N) is 1. The molecule has 24 heteroatoms. The Kier molecular flexibility index (Phi) is 12.5. The molecule has 0 aromatic heterocycles. The van der Waals surface area contributed by atoms with Crippen molar-refractivity contribution >= 4 is 63.7 Å². The van der Waals surface area contributed by atoms with Crippen molar-refractivity contribution in [1.29, 1.82) is 0 Å². The highest BCUT2D eigenvalue weighted by atomic mass is 19.1. The van der Waals surface area contributed by atoms with Crippen LogP contribution in [0.3, 0.4) is 0 Å². The number of halogens is 2. The number of Topliss-reactive ketones (excluding diaryl/α,β-unsaturated/α-hetero) is 4. The number of anilines is 2. The molecule has 3 fully saturated rings. The van der Waals surface area contributed by atoms with Gasteiger partial charge in [-0.3, -0.25) is 48.3 Å². The van der Waals surface area contributed by atoms with E-state index in [9.17, 15) is 78.8 Å². The number of carbonyl (C=O) groups is 7. The van der Waals surface area contributed by atoms with Gasteiger partial charge in [0, 0.05) is 57.1 Å². The number of likely N-dealkylation sites (tertiary alicyclic amines) is 1. The number of aromatic hydroxyl groups is 2. The summed E-state index contributed by atoms with van der Waals surface area (Å²) in [6.45, 7) is 3.79. The van der Waals surface area contributed by atoms with Gasteiger partial charge in [-0.15, -0.1) is 0 Å².